The molecule has 1 aliphatic heterocycles. The van der Waals surface area contributed by atoms with Crippen LogP contribution in [0, 0.1) is 5.92 Å². The lowest BCUT2D eigenvalue weighted by molar-refractivity contribution is -0.156. The average Bonchev–Trinajstić information content (AvgIpc) is 3.35. The quantitative estimate of drug-likeness (QED) is 0.173. The molecule has 6 rings (SSSR count). The molecular formula is C37H40N4O3. The van der Waals surface area contributed by atoms with E-state index in [4.69, 9.17) is 14.6 Å². The maximum Gasteiger partial charge on any atom is 0.306 e. The fourth-order valence-corrected chi connectivity index (χ4v) is 6.02. The molecule has 0 atom stereocenters. The largest absolute Gasteiger partial charge is 0.464 e. The highest BCUT2D eigenvalue weighted by molar-refractivity contribution is 5.96. The maximum atomic E-state index is 12.4. The SMILES string of the molecule is Cn1nc(-c2cccnc2OC(c2ccccc2)c2ccccc2)c2ccc(N3CCC(CC(=O)OC(C)(C)C)CC3)cc21. The van der Waals surface area contributed by atoms with E-state index in [1.807, 2.05) is 81.0 Å². The number of ether oxygens (including phenoxy) is 2. The van der Waals surface area contributed by atoms with Crippen molar-refractivity contribution < 1.29 is 14.3 Å². The third kappa shape index (κ3) is 6.62. The van der Waals surface area contributed by atoms with Crippen molar-refractivity contribution in [3.8, 4) is 17.1 Å². The van der Waals surface area contributed by atoms with E-state index in [2.05, 4.69) is 52.3 Å². The van der Waals surface area contributed by atoms with Crippen LogP contribution in [0.15, 0.2) is 97.2 Å². The molecule has 7 nitrogen and oxygen atoms in total. The minimum Gasteiger partial charge on any atom is -0.464 e. The van der Waals surface area contributed by atoms with Gasteiger partial charge in [-0.15, -0.1) is 0 Å². The number of carbonyl (C=O) groups is 1. The summed E-state index contributed by atoms with van der Waals surface area (Å²) in [5.41, 5.74) is 5.58. The maximum absolute atomic E-state index is 12.4. The predicted molar refractivity (Wildman–Crippen MR) is 175 cm³/mol. The second kappa shape index (κ2) is 12.5. The van der Waals surface area contributed by atoms with Crippen LogP contribution in [-0.4, -0.2) is 39.4 Å². The van der Waals surface area contributed by atoms with Crippen molar-refractivity contribution in [3.05, 3.63) is 108 Å². The predicted octanol–water partition coefficient (Wildman–Crippen LogP) is 7.75. The van der Waals surface area contributed by atoms with Gasteiger partial charge in [0.05, 0.1) is 11.1 Å². The molecule has 226 valence electrons. The minimum atomic E-state index is -0.441. The Morgan fingerprint density at radius 3 is 2.20 bits per heavy atom. The first-order chi connectivity index (χ1) is 21.2. The Hall–Kier alpha value is -4.65. The zero-order valence-electron chi connectivity index (χ0n) is 25.9. The molecule has 0 bridgehead atoms. The van der Waals surface area contributed by atoms with Gasteiger partial charge in [-0.2, -0.15) is 5.10 Å². The van der Waals surface area contributed by atoms with E-state index in [1.165, 1.54) is 5.69 Å². The van der Waals surface area contributed by atoms with Gasteiger partial charge in [-0.05, 0) is 81.0 Å². The average molecular weight is 589 g/mol. The Bertz CT molecular complexity index is 1680. The molecule has 0 saturated carbocycles. The van der Waals surface area contributed by atoms with Crippen LogP contribution in [-0.2, 0) is 16.6 Å². The Morgan fingerprint density at radius 2 is 1.57 bits per heavy atom. The first kappa shape index (κ1) is 29.4. The van der Waals surface area contributed by atoms with E-state index in [-0.39, 0.29) is 12.1 Å². The number of fused-ring (bicyclic) bond motifs is 1. The van der Waals surface area contributed by atoms with Crippen molar-refractivity contribution >= 4 is 22.6 Å². The summed E-state index contributed by atoms with van der Waals surface area (Å²) in [6.07, 6.45) is 3.87. The molecule has 0 spiro atoms. The van der Waals surface area contributed by atoms with Crippen LogP contribution in [0.2, 0.25) is 0 Å². The van der Waals surface area contributed by atoms with E-state index in [1.54, 1.807) is 6.20 Å². The lowest BCUT2D eigenvalue weighted by Crippen LogP contribution is -2.35. The van der Waals surface area contributed by atoms with Crippen LogP contribution in [0.4, 0.5) is 5.69 Å². The number of benzene rings is 3. The number of carbonyl (C=O) groups excluding carboxylic acids is 1. The highest BCUT2D eigenvalue weighted by Gasteiger charge is 2.26. The molecule has 0 radical (unpaired) electrons. The Morgan fingerprint density at radius 1 is 0.909 bits per heavy atom. The summed E-state index contributed by atoms with van der Waals surface area (Å²) in [4.78, 5) is 19.4. The van der Waals surface area contributed by atoms with Gasteiger partial charge < -0.3 is 14.4 Å². The van der Waals surface area contributed by atoms with Crippen LogP contribution in [0.25, 0.3) is 22.2 Å². The number of hydrogen-bond acceptors (Lipinski definition) is 6. The normalized spacial score (nSPS) is 14.2. The smallest absolute Gasteiger partial charge is 0.306 e. The van der Waals surface area contributed by atoms with Gasteiger partial charge >= 0.3 is 5.97 Å². The van der Waals surface area contributed by atoms with Gasteiger partial charge in [-0.1, -0.05) is 60.7 Å². The first-order valence-electron chi connectivity index (χ1n) is 15.4. The molecule has 0 unspecified atom stereocenters. The standard InChI is InChI=1S/C37H40N4O3/c1-37(2,3)44-33(42)24-26-19-22-41(23-20-26)29-17-18-30-32(25-29)40(4)39-34(30)31-16-11-21-38-36(31)43-35(27-12-7-5-8-13-27)28-14-9-6-10-15-28/h5-18,21,25-26,35H,19-20,22-24H2,1-4H3. The zero-order chi connectivity index (χ0) is 30.7. The number of rotatable bonds is 8. The first-order valence-corrected chi connectivity index (χ1v) is 15.4. The molecule has 1 fully saturated rings. The molecule has 0 aliphatic carbocycles. The van der Waals surface area contributed by atoms with Crippen LogP contribution >= 0.6 is 0 Å². The molecule has 3 heterocycles. The number of piperidine rings is 1. The number of aromatic nitrogens is 3. The fraction of sp³-hybridized carbons (Fsp3) is 0.324. The molecule has 0 N–H and O–H groups in total. The van der Waals surface area contributed by atoms with Gasteiger partial charge in [-0.25, -0.2) is 4.98 Å². The van der Waals surface area contributed by atoms with Crippen molar-refractivity contribution in [2.45, 2.75) is 51.7 Å². The monoisotopic (exact) mass is 588 g/mol. The summed E-state index contributed by atoms with van der Waals surface area (Å²) in [5.74, 6) is 0.798. The molecule has 1 aliphatic rings. The highest BCUT2D eigenvalue weighted by atomic mass is 16.6. The minimum absolute atomic E-state index is 0.0996. The summed E-state index contributed by atoms with van der Waals surface area (Å²) in [6, 6.07) is 31.0. The van der Waals surface area contributed by atoms with E-state index >= 15 is 0 Å². The van der Waals surface area contributed by atoms with Crippen LogP contribution in [0.1, 0.15) is 57.3 Å². The third-order valence-corrected chi connectivity index (χ3v) is 8.15. The molecule has 0 amide bonds. The Balaban J connectivity index is 1.24. The number of anilines is 1. The van der Waals surface area contributed by atoms with Gasteiger partial charge in [0.25, 0.3) is 0 Å². The number of hydrogen-bond donors (Lipinski definition) is 0. The van der Waals surface area contributed by atoms with Crippen LogP contribution in [0.3, 0.4) is 0 Å². The van der Waals surface area contributed by atoms with Gasteiger partial charge in [-0.3, -0.25) is 9.48 Å². The van der Waals surface area contributed by atoms with Crippen molar-refractivity contribution in [2.24, 2.45) is 13.0 Å². The fourth-order valence-electron chi connectivity index (χ4n) is 6.02. The number of aryl methyl sites for hydroxylation is 1. The Labute approximate surface area is 259 Å². The molecule has 5 aromatic rings. The second-order valence-electron chi connectivity index (χ2n) is 12.6. The lowest BCUT2D eigenvalue weighted by Gasteiger charge is -2.33. The number of esters is 1. The summed E-state index contributed by atoms with van der Waals surface area (Å²) in [5, 5.41) is 6.01. The zero-order valence-corrected chi connectivity index (χ0v) is 25.9. The molecule has 7 heteroatoms. The van der Waals surface area contributed by atoms with E-state index in [9.17, 15) is 4.79 Å². The summed E-state index contributed by atoms with van der Waals surface area (Å²) < 4.78 is 14.2. The number of pyridine rings is 1. The van der Waals surface area contributed by atoms with E-state index in [0.717, 1.165) is 59.2 Å². The van der Waals surface area contributed by atoms with Crippen molar-refractivity contribution in [1.82, 2.24) is 14.8 Å². The van der Waals surface area contributed by atoms with Gasteiger partial charge in [0.15, 0.2) is 6.10 Å². The van der Waals surface area contributed by atoms with Crippen molar-refractivity contribution in [2.75, 3.05) is 18.0 Å². The van der Waals surface area contributed by atoms with Gasteiger partial charge in [0.1, 0.15) is 11.3 Å². The molecule has 2 aromatic heterocycles. The van der Waals surface area contributed by atoms with Crippen LogP contribution < -0.4 is 9.64 Å². The number of nitrogens with zero attached hydrogens (tertiary/aromatic N) is 4. The molecular weight excluding hydrogens is 548 g/mol. The van der Waals surface area contributed by atoms with Gasteiger partial charge in [0, 0.05) is 43.8 Å². The third-order valence-electron chi connectivity index (χ3n) is 8.15. The molecule has 1 saturated heterocycles. The molecule has 44 heavy (non-hydrogen) atoms. The van der Waals surface area contributed by atoms with Crippen molar-refractivity contribution in [1.29, 1.82) is 0 Å². The van der Waals surface area contributed by atoms with E-state index in [0.29, 0.717) is 18.2 Å². The van der Waals surface area contributed by atoms with Crippen LogP contribution in [0.5, 0.6) is 5.88 Å². The summed E-state index contributed by atoms with van der Waals surface area (Å²) in [6.45, 7) is 7.57. The summed E-state index contributed by atoms with van der Waals surface area (Å²) in [7, 11) is 1.98. The second-order valence-corrected chi connectivity index (χ2v) is 12.6. The Kier molecular flexibility index (Phi) is 8.38. The lowest BCUT2D eigenvalue weighted by atomic mass is 9.93. The van der Waals surface area contributed by atoms with E-state index < -0.39 is 5.60 Å². The van der Waals surface area contributed by atoms with Gasteiger partial charge in [0.2, 0.25) is 5.88 Å². The molecule has 3 aromatic carbocycles. The highest BCUT2D eigenvalue weighted by Crippen LogP contribution is 2.38. The van der Waals surface area contributed by atoms with Crippen molar-refractivity contribution in [3.63, 3.8) is 0 Å². The summed E-state index contributed by atoms with van der Waals surface area (Å²) >= 11 is 0. The topological polar surface area (TPSA) is 69.5 Å².